The monoisotopic (exact) mass is 235 g/mol. The van der Waals surface area contributed by atoms with Gasteiger partial charge in [-0.05, 0) is 30.9 Å². The number of para-hydroxylation sites is 1. The molecule has 3 nitrogen and oxygen atoms in total. The molecular weight excluding hydrogens is 214 g/mol. The molecule has 0 unspecified atom stereocenters. The molecule has 3 heteroatoms. The molecule has 0 aromatic heterocycles. The summed E-state index contributed by atoms with van der Waals surface area (Å²) >= 11 is 0. The van der Waals surface area contributed by atoms with E-state index in [0.717, 1.165) is 32.2 Å². The fourth-order valence-corrected chi connectivity index (χ4v) is 1.80. The number of anilines is 1. The molecule has 1 rings (SSSR count). The summed E-state index contributed by atoms with van der Waals surface area (Å²) in [7, 11) is 0. The lowest BCUT2D eigenvalue weighted by molar-refractivity contribution is -0.137. The van der Waals surface area contributed by atoms with Gasteiger partial charge in [0.2, 0.25) is 0 Å². The van der Waals surface area contributed by atoms with Gasteiger partial charge in [-0.1, -0.05) is 31.5 Å². The molecule has 0 radical (unpaired) electrons. The zero-order chi connectivity index (χ0) is 12.5. The van der Waals surface area contributed by atoms with Crippen molar-refractivity contribution in [3.63, 3.8) is 0 Å². The minimum Gasteiger partial charge on any atom is -0.481 e. The van der Waals surface area contributed by atoms with E-state index in [0.29, 0.717) is 0 Å². The number of unbranched alkanes of at least 4 members (excludes halogenated alkanes) is 2. The van der Waals surface area contributed by atoms with Crippen LogP contribution < -0.4 is 5.32 Å². The van der Waals surface area contributed by atoms with Gasteiger partial charge in [0, 0.05) is 18.7 Å². The molecule has 0 bridgehead atoms. The quantitative estimate of drug-likeness (QED) is 0.680. The highest BCUT2D eigenvalue weighted by molar-refractivity contribution is 5.66. The number of rotatable bonds is 8. The molecule has 0 atom stereocenters. The van der Waals surface area contributed by atoms with Crippen molar-refractivity contribution in [3.05, 3.63) is 29.8 Å². The van der Waals surface area contributed by atoms with Crippen molar-refractivity contribution in [3.8, 4) is 0 Å². The molecule has 0 saturated carbocycles. The van der Waals surface area contributed by atoms with Gasteiger partial charge in [0.05, 0.1) is 0 Å². The normalized spacial score (nSPS) is 10.2. The highest BCUT2D eigenvalue weighted by Crippen LogP contribution is 2.15. The number of carboxylic acid groups (broad SMARTS) is 1. The van der Waals surface area contributed by atoms with Crippen LogP contribution in [0.4, 0.5) is 5.69 Å². The Kier molecular flexibility index (Phi) is 6.15. The number of hydrogen-bond acceptors (Lipinski definition) is 2. The van der Waals surface area contributed by atoms with E-state index in [1.54, 1.807) is 0 Å². The molecule has 0 aliphatic carbocycles. The molecule has 1 aromatic rings. The second-order valence-electron chi connectivity index (χ2n) is 4.14. The molecule has 0 heterocycles. The Hall–Kier alpha value is -1.51. The molecule has 2 N–H and O–H groups in total. The summed E-state index contributed by atoms with van der Waals surface area (Å²) in [5.74, 6) is -0.700. The van der Waals surface area contributed by atoms with E-state index in [1.165, 1.54) is 11.3 Å². The third-order valence-corrected chi connectivity index (χ3v) is 2.78. The van der Waals surface area contributed by atoms with Gasteiger partial charge >= 0.3 is 5.97 Å². The molecule has 17 heavy (non-hydrogen) atoms. The summed E-state index contributed by atoms with van der Waals surface area (Å²) in [6, 6.07) is 8.31. The van der Waals surface area contributed by atoms with Crippen LogP contribution in [-0.4, -0.2) is 17.6 Å². The summed E-state index contributed by atoms with van der Waals surface area (Å²) < 4.78 is 0. The third-order valence-electron chi connectivity index (χ3n) is 2.78. The van der Waals surface area contributed by atoms with Crippen molar-refractivity contribution in [1.29, 1.82) is 0 Å². The Morgan fingerprint density at radius 3 is 2.71 bits per heavy atom. The maximum atomic E-state index is 10.3. The molecule has 0 amide bonds. The second-order valence-corrected chi connectivity index (χ2v) is 4.14. The van der Waals surface area contributed by atoms with Crippen LogP contribution in [0.25, 0.3) is 0 Å². The van der Waals surface area contributed by atoms with Crippen molar-refractivity contribution in [2.75, 3.05) is 11.9 Å². The number of aliphatic carboxylic acids is 1. The first-order valence-corrected chi connectivity index (χ1v) is 6.27. The Bertz CT molecular complexity index is 350. The first-order valence-electron chi connectivity index (χ1n) is 6.27. The number of nitrogens with one attached hydrogen (secondary N) is 1. The van der Waals surface area contributed by atoms with Crippen molar-refractivity contribution < 1.29 is 9.90 Å². The highest BCUT2D eigenvalue weighted by atomic mass is 16.4. The minimum atomic E-state index is -0.700. The lowest BCUT2D eigenvalue weighted by Crippen LogP contribution is -2.04. The fourth-order valence-electron chi connectivity index (χ4n) is 1.80. The van der Waals surface area contributed by atoms with E-state index in [-0.39, 0.29) is 6.42 Å². The summed E-state index contributed by atoms with van der Waals surface area (Å²) in [6.45, 7) is 3.06. The van der Waals surface area contributed by atoms with Crippen LogP contribution in [0, 0.1) is 0 Å². The first kappa shape index (κ1) is 13.6. The molecule has 0 fully saturated rings. The van der Waals surface area contributed by atoms with Gasteiger partial charge in [-0.3, -0.25) is 4.79 Å². The molecule has 94 valence electrons. The van der Waals surface area contributed by atoms with Gasteiger partial charge in [-0.15, -0.1) is 0 Å². The topological polar surface area (TPSA) is 49.3 Å². The van der Waals surface area contributed by atoms with Crippen molar-refractivity contribution in [2.24, 2.45) is 0 Å². The SMILES string of the molecule is CCc1ccccc1NCCCCCC(=O)O. The minimum absolute atomic E-state index is 0.283. The van der Waals surface area contributed by atoms with Crippen molar-refractivity contribution in [1.82, 2.24) is 0 Å². The van der Waals surface area contributed by atoms with E-state index in [2.05, 4.69) is 30.4 Å². The van der Waals surface area contributed by atoms with Crippen LogP contribution in [0.1, 0.15) is 38.2 Å². The van der Waals surface area contributed by atoms with Crippen LogP contribution in [0.3, 0.4) is 0 Å². The Morgan fingerprint density at radius 1 is 1.24 bits per heavy atom. The third kappa shape index (κ3) is 5.38. The van der Waals surface area contributed by atoms with Crippen molar-refractivity contribution >= 4 is 11.7 Å². The maximum absolute atomic E-state index is 10.3. The fraction of sp³-hybridized carbons (Fsp3) is 0.500. The summed E-state index contributed by atoms with van der Waals surface area (Å²) in [5, 5.41) is 11.9. The van der Waals surface area contributed by atoms with Crippen LogP contribution in [0.15, 0.2) is 24.3 Å². The van der Waals surface area contributed by atoms with E-state index in [1.807, 2.05) is 6.07 Å². The van der Waals surface area contributed by atoms with Gasteiger partial charge in [-0.25, -0.2) is 0 Å². The first-order chi connectivity index (χ1) is 8.24. The van der Waals surface area contributed by atoms with E-state index in [4.69, 9.17) is 5.11 Å². The summed E-state index contributed by atoms with van der Waals surface area (Å²) in [4.78, 5) is 10.3. The number of carbonyl (C=O) groups is 1. The van der Waals surface area contributed by atoms with Gasteiger partial charge in [-0.2, -0.15) is 0 Å². The lowest BCUT2D eigenvalue weighted by Gasteiger charge is -2.10. The van der Waals surface area contributed by atoms with Crippen LogP contribution in [-0.2, 0) is 11.2 Å². The highest BCUT2D eigenvalue weighted by Gasteiger charge is 1.99. The number of carboxylic acids is 1. The standard InChI is InChI=1S/C14H21NO2/c1-2-12-8-5-6-9-13(12)15-11-7-3-4-10-14(16)17/h5-6,8-9,15H,2-4,7,10-11H2,1H3,(H,16,17). The number of benzene rings is 1. The predicted molar refractivity (Wildman–Crippen MR) is 70.4 cm³/mol. The van der Waals surface area contributed by atoms with E-state index >= 15 is 0 Å². The average Bonchev–Trinajstić information content (AvgIpc) is 2.33. The van der Waals surface area contributed by atoms with Crippen molar-refractivity contribution in [2.45, 2.75) is 39.0 Å². The van der Waals surface area contributed by atoms with Crippen LogP contribution in [0.2, 0.25) is 0 Å². The smallest absolute Gasteiger partial charge is 0.303 e. The molecular formula is C14H21NO2. The molecule has 0 spiro atoms. The maximum Gasteiger partial charge on any atom is 0.303 e. The average molecular weight is 235 g/mol. The second kappa shape index (κ2) is 7.71. The Labute approximate surface area is 103 Å². The Morgan fingerprint density at radius 2 is 2.00 bits per heavy atom. The van der Waals surface area contributed by atoms with Crippen LogP contribution in [0.5, 0.6) is 0 Å². The van der Waals surface area contributed by atoms with Gasteiger partial charge in [0.1, 0.15) is 0 Å². The summed E-state index contributed by atoms with van der Waals surface area (Å²) in [6.07, 6.45) is 4.07. The lowest BCUT2D eigenvalue weighted by atomic mass is 10.1. The van der Waals surface area contributed by atoms with E-state index < -0.39 is 5.97 Å². The zero-order valence-electron chi connectivity index (χ0n) is 10.4. The predicted octanol–water partition coefficient (Wildman–Crippen LogP) is 3.31. The Balaban J connectivity index is 2.19. The molecule has 1 aromatic carbocycles. The number of aryl methyl sites for hydroxylation is 1. The summed E-state index contributed by atoms with van der Waals surface area (Å²) in [5.41, 5.74) is 2.53. The molecule has 0 aliphatic rings. The van der Waals surface area contributed by atoms with Gasteiger partial charge < -0.3 is 10.4 Å². The van der Waals surface area contributed by atoms with Crippen LogP contribution >= 0.6 is 0 Å². The van der Waals surface area contributed by atoms with E-state index in [9.17, 15) is 4.79 Å². The zero-order valence-corrected chi connectivity index (χ0v) is 10.4. The molecule has 0 aliphatic heterocycles. The number of hydrogen-bond donors (Lipinski definition) is 2. The van der Waals surface area contributed by atoms with Gasteiger partial charge in [0.15, 0.2) is 0 Å². The molecule has 0 saturated heterocycles. The largest absolute Gasteiger partial charge is 0.481 e. The van der Waals surface area contributed by atoms with Gasteiger partial charge in [0.25, 0.3) is 0 Å².